The average Bonchev–Trinajstić information content (AvgIpc) is 1.96. The van der Waals surface area contributed by atoms with Crippen LogP contribution in [-0.4, -0.2) is 26.8 Å². The van der Waals surface area contributed by atoms with E-state index in [1.54, 1.807) is 0 Å². The van der Waals surface area contributed by atoms with E-state index >= 15 is 0 Å². The summed E-state index contributed by atoms with van der Waals surface area (Å²) in [4.78, 5) is 19.8. The third-order valence-electron chi connectivity index (χ3n) is 1.03. The molecule has 8 heteroatoms. The highest BCUT2D eigenvalue weighted by Crippen LogP contribution is 1.98. The summed E-state index contributed by atoms with van der Waals surface area (Å²) in [6.07, 6.45) is 1.02. The first-order valence-electron chi connectivity index (χ1n) is 3.54. The number of carboxylic acids is 2. The van der Waals surface area contributed by atoms with Crippen molar-refractivity contribution in [2.24, 2.45) is 0 Å². The van der Waals surface area contributed by atoms with E-state index < -0.39 is 22.7 Å². The van der Waals surface area contributed by atoms with Gasteiger partial charge in [-0.1, -0.05) is 0 Å². The van der Waals surface area contributed by atoms with Gasteiger partial charge in [0, 0.05) is 17.5 Å². The molecule has 0 unspecified atom stereocenters. The van der Waals surface area contributed by atoms with Crippen LogP contribution in [0.5, 0.6) is 0 Å². The molecule has 14 heavy (non-hydrogen) atoms. The SMILES string of the molecule is O=C(O)CCCCC(=O)O.[O-][Cl+2]([O-])O. The standard InChI is InChI=1S/C6H10O4.ClHO3/c7-5(8)3-1-2-4-6(9)10;2-1(3)4/h1-4H2,(H,7,8)(H,9,10);2H. The summed E-state index contributed by atoms with van der Waals surface area (Å²) in [5.41, 5.74) is 0. The molecular formula is C6H11ClO7. The Hall–Kier alpha value is -0.890. The van der Waals surface area contributed by atoms with E-state index in [0.29, 0.717) is 12.8 Å². The minimum absolute atomic E-state index is 0.0628. The molecule has 0 amide bonds. The van der Waals surface area contributed by atoms with Crippen molar-refractivity contribution < 1.29 is 44.6 Å². The molecule has 0 spiro atoms. The van der Waals surface area contributed by atoms with Gasteiger partial charge in [-0.3, -0.25) is 9.59 Å². The zero-order valence-corrected chi connectivity index (χ0v) is 7.94. The second-order valence-corrected chi connectivity index (χ2v) is 2.60. The second-order valence-electron chi connectivity index (χ2n) is 2.20. The van der Waals surface area contributed by atoms with Crippen LogP contribution in [0.3, 0.4) is 0 Å². The number of aliphatic carboxylic acids is 2. The van der Waals surface area contributed by atoms with Gasteiger partial charge in [-0.2, -0.15) is 0 Å². The van der Waals surface area contributed by atoms with E-state index in [0.717, 1.165) is 0 Å². The van der Waals surface area contributed by atoms with Crippen molar-refractivity contribution in [3.63, 3.8) is 0 Å². The highest BCUT2D eigenvalue weighted by Gasteiger charge is 1.99. The van der Waals surface area contributed by atoms with Crippen LogP contribution in [0.1, 0.15) is 25.7 Å². The minimum atomic E-state index is -2.60. The molecule has 0 radical (unpaired) electrons. The lowest BCUT2D eigenvalue weighted by Crippen LogP contribution is -2.30. The Morgan fingerprint density at radius 3 is 1.36 bits per heavy atom. The minimum Gasteiger partial charge on any atom is -0.481 e. The molecule has 0 aromatic heterocycles. The molecule has 0 saturated carbocycles. The Morgan fingerprint density at radius 1 is 1.00 bits per heavy atom. The Kier molecular flexibility index (Phi) is 11.3. The Morgan fingerprint density at radius 2 is 1.21 bits per heavy atom. The van der Waals surface area contributed by atoms with Crippen LogP contribution in [0.2, 0.25) is 0 Å². The van der Waals surface area contributed by atoms with Crippen molar-refractivity contribution in [2.75, 3.05) is 0 Å². The zero-order valence-electron chi connectivity index (χ0n) is 7.18. The molecule has 0 aromatic carbocycles. The molecule has 0 saturated heterocycles. The predicted molar refractivity (Wildman–Crippen MR) is 36.0 cm³/mol. The van der Waals surface area contributed by atoms with Gasteiger partial charge in [0.15, 0.2) is 0 Å². The molecular weight excluding hydrogens is 220 g/mol. The molecule has 0 aliphatic rings. The van der Waals surface area contributed by atoms with Crippen molar-refractivity contribution in [1.29, 1.82) is 0 Å². The van der Waals surface area contributed by atoms with Gasteiger partial charge in [-0.15, -0.1) is 0 Å². The maximum atomic E-state index is 9.90. The van der Waals surface area contributed by atoms with Gasteiger partial charge in [-0.05, 0) is 12.8 Å². The number of carboxylic acid groups (broad SMARTS) is 2. The molecule has 7 nitrogen and oxygen atoms in total. The largest absolute Gasteiger partial charge is 0.481 e. The lowest BCUT2D eigenvalue weighted by atomic mass is 10.2. The van der Waals surface area contributed by atoms with E-state index in [4.69, 9.17) is 24.2 Å². The monoisotopic (exact) mass is 230 g/mol. The van der Waals surface area contributed by atoms with Gasteiger partial charge in [0.1, 0.15) is 0 Å². The summed E-state index contributed by atoms with van der Waals surface area (Å²) in [6, 6.07) is 0. The molecule has 0 heterocycles. The summed E-state index contributed by atoms with van der Waals surface area (Å²) in [5.74, 6) is -1.74. The topological polar surface area (TPSA) is 141 Å². The Balaban J connectivity index is 0. The van der Waals surface area contributed by atoms with Crippen LogP contribution in [0.4, 0.5) is 0 Å². The molecule has 0 aliphatic heterocycles. The Labute approximate surface area is 83.0 Å². The first-order chi connectivity index (χ1) is 6.36. The van der Waals surface area contributed by atoms with Crippen LogP contribution >= 0.6 is 0 Å². The molecule has 0 aromatic rings. The summed E-state index contributed by atoms with van der Waals surface area (Å²) in [5, 5.41) is 16.3. The molecule has 0 atom stereocenters. The van der Waals surface area contributed by atoms with Crippen molar-refractivity contribution in [2.45, 2.75) is 25.7 Å². The third-order valence-corrected chi connectivity index (χ3v) is 1.03. The molecule has 0 rings (SSSR count). The molecule has 0 aliphatic carbocycles. The molecule has 84 valence electrons. The average molecular weight is 231 g/mol. The Bertz CT molecular complexity index is 151. The summed E-state index contributed by atoms with van der Waals surface area (Å²) < 4.78 is 24.0. The fraction of sp³-hybridized carbons (Fsp3) is 0.667. The maximum absolute atomic E-state index is 9.90. The van der Waals surface area contributed by atoms with Gasteiger partial charge in [0.05, 0.1) is 0 Å². The van der Waals surface area contributed by atoms with E-state index in [2.05, 4.69) is 0 Å². The van der Waals surface area contributed by atoms with Gasteiger partial charge in [-0.25, -0.2) is 0 Å². The quantitative estimate of drug-likeness (QED) is 0.454. The van der Waals surface area contributed by atoms with Crippen LogP contribution in [-0.2, 0) is 9.59 Å². The van der Waals surface area contributed by atoms with Crippen molar-refractivity contribution in [1.82, 2.24) is 0 Å². The highest BCUT2D eigenvalue weighted by molar-refractivity contribution is 5.67. The number of hydrogen-bond donors (Lipinski definition) is 3. The fourth-order valence-corrected chi connectivity index (χ4v) is 0.552. The normalized spacial score (nSPS) is 9.14. The lowest BCUT2D eigenvalue weighted by molar-refractivity contribution is -1.63. The van der Waals surface area contributed by atoms with E-state index in [-0.39, 0.29) is 12.8 Å². The number of hydrogen-bond acceptors (Lipinski definition) is 5. The molecule has 3 N–H and O–H groups in total. The molecule has 0 bridgehead atoms. The van der Waals surface area contributed by atoms with Crippen LogP contribution < -0.4 is 9.32 Å². The van der Waals surface area contributed by atoms with Crippen molar-refractivity contribution in [3.05, 3.63) is 0 Å². The number of carbonyl (C=O) groups is 2. The number of rotatable bonds is 5. The van der Waals surface area contributed by atoms with E-state index in [1.807, 2.05) is 0 Å². The second kappa shape index (κ2) is 10.2. The van der Waals surface area contributed by atoms with Gasteiger partial charge in [0.25, 0.3) is 10.8 Å². The molecule has 0 fully saturated rings. The number of halogens is 1. The highest BCUT2D eigenvalue weighted by atomic mass is 35.6. The predicted octanol–water partition coefficient (Wildman–Crippen LogP) is -2.22. The smallest absolute Gasteiger partial charge is 0.303 e. The van der Waals surface area contributed by atoms with Crippen molar-refractivity contribution in [3.8, 4) is 0 Å². The van der Waals surface area contributed by atoms with Crippen LogP contribution in [0.15, 0.2) is 0 Å². The first kappa shape index (κ1) is 15.6. The first-order valence-corrected chi connectivity index (χ1v) is 4.50. The van der Waals surface area contributed by atoms with Gasteiger partial charge < -0.3 is 19.5 Å². The lowest BCUT2D eigenvalue weighted by Gasteiger charge is -1.92. The third kappa shape index (κ3) is 30.4. The fourth-order valence-electron chi connectivity index (χ4n) is 0.552. The maximum Gasteiger partial charge on any atom is 0.303 e. The van der Waals surface area contributed by atoms with Gasteiger partial charge >= 0.3 is 11.9 Å². The number of unbranched alkanes of at least 4 members (excludes halogenated alkanes) is 1. The summed E-state index contributed by atoms with van der Waals surface area (Å²) in [7, 11) is -2.60. The van der Waals surface area contributed by atoms with Gasteiger partial charge in [0.2, 0.25) is 0 Å². The van der Waals surface area contributed by atoms with Crippen LogP contribution in [0, 0.1) is 10.8 Å². The van der Waals surface area contributed by atoms with Crippen molar-refractivity contribution >= 4 is 11.9 Å². The summed E-state index contributed by atoms with van der Waals surface area (Å²) >= 11 is 0. The van der Waals surface area contributed by atoms with Crippen LogP contribution in [0.25, 0.3) is 0 Å². The summed E-state index contributed by atoms with van der Waals surface area (Å²) in [6.45, 7) is 0. The zero-order chi connectivity index (χ0) is 11.6. The van der Waals surface area contributed by atoms with E-state index in [9.17, 15) is 9.59 Å². The van der Waals surface area contributed by atoms with E-state index in [1.165, 1.54) is 0 Å².